The number of nitrogens with one attached hydrogen (secondary N) is 1. The summed E-state index contributed by atoms with van der Waals surface area (Å²) >= 11 is 0. The molecule has 100 valence electrons. The van der Waals surface area contributed by atoms with Crippen LogP contribution in [0, 0.1) is 0 Å². The molecule has 0 unspecified atom stereocenters. The molecule has 0 atom stereocenters. The summed E-state index contributed by atoms with van der Waals surface area (Å²) in [4.78, 5) is 14.9. The van der Waals surface area contributed by atoms with E-state index in [1.807, 2.05) is 0 Å². The summed E-state index contributed by atoms with van der Waals surface area (Å²) in [6.45, 7) is 4.26. The number of rotatable bonds is 9. The van der Waals surface area contributed by atoms with E-state index in [-0.39, 0.29) is 5.56 Å². The van der Waals surface area contributed by atoms with Gasteiger partial charge in [0, 0.05) is 26.0 Å². The first-order chi connectivity index (χ1) is 8.75. The third-order valence-corrected chi connectivity index (χ3v) is 2.44. The van der Waals surface area contributed by atoms with E-state index < -0.39 is 5.97 Å². The van der Waals surface area contributed by atoms with Gasteiger partial charge in [0.05, 0.1) is 0 Å². The Bertz CT molecular complexity index is 369. The minimum absolute atomic E-state index is 0.199. The highest BCUT2D eigenvalue weighted by atomic mass is 16.5. The third-order valence-electron chi connectivity index (χ3n) is 2.44. The lowest BCUT2D eigenvalue weighted by Gasteiger charge is -2.08. The molecule has 0 aromatic carbocycles. The predicted octanol–water partition coefficient (Wildman–Crippen LogP) is 2.40. The Morgan fingerprint density at radius 3 is 2.94 bits per heavy atom. The Labute approximate surface area is 107 Å². The van der Waals surface area contributed by atoms with Crippen LogP contribution in [-0.4, -0.2) is 35.8 Å². The van der Waals surface area contributed by atoms with Crippen LogP contribution >= 0.6 is 0 Å². The van der Waals surface area contributed by atoms with E-state index in [1.165, 1.54) is 6.07 Å². The summed E-state index contributed by atoms with van der Waals surface area (Å²) in [6.07, 6.45) is 4.62. The van der Waals surface area contributed by atoms with Crippen molar-refractivity contribution in [1.82, 2.24) is 4.98 Å². The first-order valence-corrected chi connectivity index (χ1v) is 6.25. The minimum Gasteiger partial charge on any atom is -0.478 e. The fourth-order valence-electron chi connectivity index (χ4n) is 1.45. The van der Waals surface area contributed by atoms with Crippen LogP contribution in [-0.2, 0) is 4.74 Å². The number of carbonyl (C=O) groups is 1. The molecule has 0 saturated heterocycles. The van der Waals surface area contributed by atoms with Gasteiger partial charge in [-0.15, -0.1) is 0 Å². The van der Waals surface area contributed by atoms with Crippen LogP contribution in [0.15, 0.2) is 18.3 Å². The SMILES string of the molecule is CCCCOCCCNc1ncccc1C(=O)O. The second-order valence-corrected chi connectivity index (χ2v) is 3.95. The first-order valence-electron chi connectivity index (χ1n) is 6.25. The lowest BCUT2D eigenvalue weighted by molar-refractivity contribution is 0.0697. The number of carboxylic acids is 1. The second kappa shape index (κ2) is 8.47. The number of ether oxygens (including phenoxy) is 1. The normalized spacial score (nSPS) is 10.3. The van der Waals surface area contributed by atoms with Gasteiger partial charge >= 0.3 is 5.97 Å². The Hall–Kier alpha value is -1.62. The smallest absolute Gasteiger partial charge is 0.339 e. The van der Waals surface area contributed by atoms with E-state index in [1.54, 1.807) is 12.3 Å². The molecule has 0 spiro atoms. The number of anilines is 1. The van der Waals surface area contributed by atoms with Crippen LogP contribution in [0.1, 0.15) is 36.5 Å². The van der Waals surface area contributed by atoms with Gasteiger partial charge in [-0.2, -0.15) is 0 Å². The van der Waals surface area contributed by atoms with E-state index in [2.05, 4.69) is 17.2 Å². The number of aromatic nitrogens is 1. The van der Waals surface area contributed by atoms with Crippen LogP contribution in [0.2, 0.25) is 0 Å². The van der Waals surface area contributed by atoms with Crippen molar-refractivity contribution in [3.05, 3.63) is 23.9 Å². The molecule has 0 aliphatic carbocycles. The van der Waals surface area contributed by atoms with Crippen molar-refractivity contribution in [2.24, 2.45) is 0 Å². The maximum Gasteiger partial charge on any atom is 0.339 e. The predicted molar refractivity (Wildman–Crippen MR) is 70.0 cm³/mol. The largest absolute Gasteiger partial charge is 0.478 e. The molecular weight excluding hydrogens is 232 g/mol. The van der Waals surface area contributed by atoms with Crippen LogP contribution < -0.4 is 5.32 Å². The quantitative estimate of drug-likeness (QED) is 0.660. The van der Waals surface area contributed by atoms with Crippen LogP contribution in [0.4, 0.5) is 5.82 Å². The molecule has 2 N–H and O–H groups in total. The summed E-state index contributed by atoms with van der Waals surface area (Å²) in [5.41, 5.74) is 0.199. The molecule has 0 aliphatic rings. The molecule has 0 fully saturated rings. The van der Waals surface area contributed by atoms with Crippen molar-refractivity contribution in [2.75, 3.05) is 25.1 Å². The Balaban J connectivity index is 2.25. The van der Waals surface area contributed by atoms with E-state index in [0.29, 0.717) is 19.0 Å². The summed E-state index contributed by atoms with van der Waals surface area (Å²) < 4.78 is 5.41. The maximum absolute atomic E-state index is 10.9. The Morgan fingerprint density at radius 2 is 2.22 bits per heavy atom. The van der Waals surface area contributed by atoms with Crippen molar-refractivity contribution in [2.45, 2.75) is 26.2 Å². The number of aromatic carboxylic acids is 1. The van der Waals surface area contributed by atoms with Gasteiger partial charge in [-0.1, -0.05) is 13.3 Å². The Morgan fingerprint density at radius 1 is 1.44 bits per heavy atom. The van der Waals surface area contributed by atoms with Gasteiger partial charge in [0.15, 0.2) is 0 Å². The maximum atomic E-state index is 10.9. The average Bonchev–Trinajstić information content (AvgIpc) is 2.38. The zero-order chi connectivity index (χ0) is 13.2. The molecule has 18 heavy (non-hydrogen) atoms. The number of unbranched alkanes of at least 4 members (excludes halogenated alkanes) is 1. The molecule has 1 aromatic heterocycles. The van der Waals surface area contributed by atoms with Crippen molar-refractivity contribution >= 4 is 11.8 Å². The molecule has 0 aliphatic heterocycles. The van der Waals surface area contributed by atoms with Crippen LogP contribution in [0.5, 0.6) is 0 Å². The minimum atomic E-state index is -0.968. The van der Waals surface area contributed by atoms with Gasteiger partial charge < -0.3 is 15.2 Å². The molecule has 1 aromatic rings. The molecule has 1 rings (SSSR count). The molecule has 0 saturated carbocycles. The fraction of sp³-hybridized carbons (Fsp3) is 0.538. The second-order valence-electron chi connectivity index (χ2n) is 3.95. The van der Waals surface area contributed by atoms with Crippen molar-refractivity contribution in [1.29, 1.82) is 0 Å². The monoisotopic (exact) mass is 252 g/mol. The van der Waals surface area contributed by atoms with Crippen molar-refractivity contribution in [3.8, 4) is 0 Å². The third kappa shape index (κ3) is 5.14. The average molecular weight is 252 g/mol. The van der Waals surface area contributed by atoms with Crippen LogP contribution in [0.3, 0.4) is 0 Å². The summed E-state index contributed by atoms with van der Waals surface area (Å²) in [5.74, 6) is -0.552. The summed E-state index contributed by atoms with van der Waals surface area (Å²) in [5, 5.41) is 12.0. The number of carboxylic acid groups (broad SMARTS) is 1. The highest BCUT2D eigenvalue weighted by molar-refractivity contribution is 5.92. The summed E-state index contributed by atoms with van der Waals surface area (Å²) in [6, 6.07) is 3.15. The van der Waals surface area contributed by atoms with Crippen molar-refractivity contribution < 1.29 is 14.6 Å². The Kier molecular flexibility index (Phi) is 6.79. The van der Waals surface area contributed by atoms with Crippen molar-refractivity contribution in [3.63, 3.8) is 0 Å². The van der Waals surface area contributed by atoms with E-state index in [4.69, 9.17) is 9.84 Å². The van der Waals surface area contributed by atoms with Gasteiger partial charge in [0.1, 0.15) is 11.4 Å². The van der Waals surface area contributed by atoms with Crippen LogP contribution in [0.25, 0.3) is 0 Å². The molecule has 0 bridgehead atoms. The molecule has 5 nitrogen and oxygen atoms in total. The zero-order valence-electron chi connectivity index (χ0n) is 10.7. The lowest BCUT2D eigenvalue weighted by atomic mass is 10.2. The van der Waals surface area contributed by atoms with E-state index in [9.17, 15) is 4.79 Å². The molecule has 1 heterocycles. The standard InChI is InChI=1S/C13H20N2O3/c1-2-3-9-18-10-5-8-15-12-11(13(16)17)6-4-7-14-12/h4,6-7H,2-3,5,8-10H2,1H3,(H,14,15)(H,16,17). The number of pyridine rings is 1. The van der Waals surface area contributed by atoms with Gasteiger partial charge in [0.2, 0.25) is 0 Å². The number of nitrogens with zero attached hydrogens (tertiary/aromatic N) is 1. The highest BCUT2D eigenvalue weighted by Crippen LogP contribution is 2.10. The molecule has 5 heteroatoms. The number of hydrogen-bond donors (Lipinski definition) is 2. The number of hydrogen-bond acceptors (Lipinski definition) is 4. The van der Waals surface area contributed by atoms with Gasteiger partial charge in [-0.3, -0.25) is 0 Å². The van der Waals surface area contributed by atoms with Gasteiger partial charge in [-0.25, -0.2) is 9.78 Å². The van der Waals surface area contributed by atoms with Gasteiger partial charge in [-0.05, 0) is 25.0 Å². The summed E-state index contributed by atoms with van der Waals surface area (Å²) in [7, 11) is 0. The van der Waals surface area contributed by atoms with Gasteiger partial charge in [0.25, 0.3) is 0 Å². The van der Waals surface area contributed by atoms with E-state index >= 15 is 0 Å². The van der Waals surface area contributed by atoms with E-state index in [0.717, 1.165) is 25.9 Å². The lowest BCUT2D eigenvalue weighted by Crippen LogP contribution is -2.11. The molecule has 0 amide bonds. The first kappa shape index (κ1) is 14.4. The zero-order valence-corrected chi connectivity index (χ0v) is 10.7. The molecular formula is C13H20N2O3. The fourth-order valence-corrected chi connectivity index (χ4v) is 1.45. The molecule has 0 radical (unpaired) electrons. The highest BCUT2D eigenvalue weighted by Gasteiger charge is 2.09. The topological polar surface area (TPSA) is 71.5 Å².